The van der Waals surface area contributed by atoms with Gasteiger partial charge < -0.3 is 24.6 Å². The first kappa shape index (κ1) is 28.0. The van der Waals surface area contributed by atoms with Gasteiger partial charge in [-0.15, -0.1) is 0 Å². The summed E-state index contributed by atoms with van der Waals surface area (Å²) in [6.45, 7) is 7.00. The maximum Gasteiger partial charge on any atom is 0.245 e. The SMILES string of the molecule is C=CC(=O)N1C[C@H]2CC(Oc3cc4c(Nc5ccc(Cl)c(Cl)c5F)ncnc4cc3OC3CCN(C)CC3)C[C@H]2C1. The second-order valence-electron chi connectivity index (χ2n) is 11.2. The third kappa shape index (κ3) is 5.80. The molecule has 41 heavy (non-hydrogen) atoms. The number of carbonyl (C=O) groups is 1. The summed E-state index contributed by atoms with van der Waals surface area (Å²) in [5.74, 6) is 1.75. The molecule has 3 fully saturated rings. The van der Waals surface area contributed by atoms with E-state index in [2.05, 4.69) is 33.8 Å². The number of carbonyl (C=O) groups excluding carboxylic acids is 1. The molecule has 2 aliphatic heterocycles. The lowest BCUT2D eigenvalue weighted by atomic mass is 10.0. The maximum absolute atomic E-state index is 14.9. The first-order valence-corrected chi connectivity index (χ1v) is 14.7. The molecule has 3 aromatic rings. The summed E-state index contributed by atoms with van der Waals surface area (Å²) in [5.41, 5.74) is 0.788. The van der Waals surface area contributed by atoms with E-state index in [-0.39, 0.29) is 33.8 Å². The Kier molecular flexibility index (Phi) is 7.94. The van der Waals surface area contributed by atoms with Crippen molar-refractivity contribution >= 4 is 51.5 Å². The molecule has 1 aliphatic carbocycles. The number of fused-ring (bicyclic) bond motifs is 2. The van der Waals surface area contributed by atoms with Crippen LogP contribution in [-0.4, -0.2) is 71.1 Å². The van der Waals surface area contributed by atoms with Crippen LogP contribution in [0.5, 0.6) is 11.5 Å². The molecule has 3 atom stereocenters. The zero-order valence-corrected chi connectivity index (χ0v) is 24.3. The van der Waals surface area contributed by atoms with Crippen molar-refractivity contribution in [1.82, 2.24) is 19.8 Å². The minimum Gasteiger partial charge on any atom is -0.486 e. The molecule has 1 amide bonds. The van der Waals surface area contributed by atoms with Crippen molar-refractivity contribution < 1.29 is 18.7 Å². The van der Waals surface area contributed by atoms with Gasteiger partial charge in [-0.25, -0.2) is 14.4 Å². The van der Waals surface area contributed by atoms with Crippen LogP contribution >= 0.6 is 23.2 Å². The van der Waals surface area contributed by atoms with Crippen molar-refractivity contribution in [2.45, 2.75) is 37.9 Å². The quantitative estimate of drug-likeness (QED) is 0.260. The Morgan fingerprint density at radius 1 is 1.07 bits per heavy atom. The zero-order valence-electron chi connectivity index (χ0n) is 22.8. The fraction of sp³-hybridized carbons (Fsp3) is 0.433. The van der Waals surface area contributed by atoms with E-state index in [4.69, 9.17) is 32.7 Å². The number of amides is 1. The Hall–Kier alpha value is -3.14. The van der Waals surface area contributed by atoms with Crippen molar-refractivity contribution in [2.75, 3.05) is 38.5 Å². The molecule has 6 rings (SSSR count). The highest BCUT2D eigenvalue weighted by atomic mass is 35.5. The summed E-state index contributed by atoms with van der Waals surface area (Å²) in [7, 11) is 2.11. The van der Waals surface area contributed by atoms with Crippen LogP contribution in [0.1, 0.15) is 25.7 Å². The van der Waals surface area contributed by atoms with E-state index in [0.717, 1.165) is 51.9 Å². The number of piperidine rings is 1. The number of hydrogen-bond donors (Lipinski definition) is 1. The maximum atomic E-state index is 14.9. The molecule has 1 unspecified atom stereocenters. The van der Waals surface area contributed by atoms with Crippen LogP contribution in [0.4, 0.5) is 15.9 Å². The molecule has 8 nitrogen and oxygen atoms in total. The molecule has 3 heterocycles. The van der Waals surface area contributed by atoms with E-state index in [0.29, 0.717) is 40.1 Å². The van der Waals surface area contributed by atoms with Gasteiger partial charge >= 0.3 is 0 Å². The topological polar surface area (TPSA) is 79.8 Å². The van der Waals surface area contributed by atoms with Gasteiger partial charge in [0.05, 0.1) is 27.4 Å². The van der Waals surface area contributed by atoms with Gasteiger partial charge in [0.15, 0.2) is 17.3 Å². The molecule has 11 heteroatoms. The molecular formula is C30H32Cl2FN5O3. The van der Waals surface area contributed by atoms with Gasteiger partial charge in [0, 0.05) is 37.6 Å². The van der Waals surface area contributed by atoms with Crippen LogP contribution in [0.3, 0.4) is 0 Å². The Balaban J connectivity index is 1.30. The Morgan fingerprint density at radius 3 is 2.46 bits per heavy atom. The summed E-state index contributed by atoms with van der Waals surface area (Å²) in [6.07, 6.45) is 6.39. The summed E-state index contributed by atoms with van der Waals surface area (Å²) in [5, 5.41) is 3.68. The van der Waals surface area contributed by atoms with E-state index in [1.807, 2.05) is 17.0 Å². The fourth-order valence-corrected chi connectivity index (χ4v) is 6.52. The van der Waals surface area contributed by atoms with Crippen molar-refractivity contribution in [1.29, 1.82) is 0 Å². The molecular weight excluding hydrogens is 568 g/mol. The van der Waals surface area contributed by atoms with Gasteiger partial charge in [0.2, 0.25) is 5.91 Å². The minimum atomic E-state index is -0.661. The highest BCUT2D eigenvalue weighted by Gasteiger charge is 2.43. The summed E-state index contributed by atoms with van der Waals surface area (Å²) >= 11 is 12.0. The molecule has 216 valence electrons. The monoisotopic (exact) mass is 599 g/mol. The van der Waals surface area contributed by atoms with Gasteiger partial charge in [-0.1, -0.05) is 29.8 Å². The standard InChI is InChI=1S/C30H32Cl2FN5O3/c1-3-27(39)38-14-17-10-20(11-18(17)15-38)41-25-12-21-24(13-26(25)40-19-6-8-37(2)9-7-19)34-16-35-30(21)36-23-5-4-22(31)28(32)29(23)33/h3-5,12-13,16-20H,1,6-11,14-15H2,2H3,(H,34,35,36)/t17-,18+,20?. The Labute approximate surface area is 248 Å². The second kappa shape index (κ2) is 11.6. The smallest absolute Gasteiger partial charge is 0.245 e. The third-order valence-electron chi connectivity index (χ3n) is 8.44. The van der Waals surface area contributed by atoms with Gasteiger partial charge in [0.25, 0.3) is 0 Å². The number of anilines is 2. The number of halogens is 3. The molecule has 2 aromatic carbocycles. The number of aromatic nitrogens is 2. The Bertz CT molecular complexity index is 1470. The molecule has 1 aromatic heterocycles. The van der Waals surface area contributed by atoms with E-state index >= 15 is 0 Å². The average molecular weight is 601 g/mol. The molecule has 1 saturated carbocycles. The van der Waals surface area contributed by atoms with E-state index in [1.165, 1.54) is 24.5 Å². The Morgan fingerprint density at radius 2 is 1.76 bits per heavy atom. The number of nitrogens with one attached hydrogen (secondary N) is 1. The number of hydrogen-bond acceptors (Lipinski definition) is 7. The predicted octanol–water partition coefficient (Wildman–Crippen LogP) is 6.09. The lowest BCUT2D eigenvalue weighted by molar-refractivity contribution is -0.125. The fourth-order valence-electron chi connectivity index (χ4n) is 6.21. The molecule has 0 spiro atoms. The molecule has 2 saturated heterocycles. The molecule has 0 bridgehead atoms. The molecule has 3 aliphatic rings. The predicted molar refractivity (Wildman–Crippen MR) is 158 cm³/mol. The highest BCUT2D eigenvalue weighted by Crippen LogP contribution is 2.43. The summed E-state index contributed by atoms with van der Waals surface area (Å²) < 4.78 is 28.0. The minimum absolute atomic E-state index is 0.0151. The first-order chi connectivity index (χ1) is 19.8. The largest absolute Gasteiger partial charge is 0.486 e. The van der Waals surface area contributed by atoms with Gasteiger partial charge in [-0.3, -0.25) is 4.79 Å². The van der Waals surface area contributed by atoms with E-state index < -0.39 is 5.82 Å². The van der Waals surface area contributed by atoms with Crippen LogP contribution in [0.2, 0.25) is 10.0 Å². The van der Waals surface area contributed by atoms with Gasteiger partial charge in [-0.2, -0.15) is 0 Å². The van der Waals surface area contributed by atoms with E-state index in [1.54, 1.807) is 0 Å². The van der Waals surface area contributed by atoms with Crippen LogP contribution < -0.4 is 14.8 Å². The number of nitrogens with zero attached hydrogens (tertiary/aromatic N) is 4. The number of likely N-dealkylation sites (tertiary alicyclic amines) is 2. The van der Waals surface area contributed by atoms with Crippen molar-refractivity contribution in [2.24, 2.45) is 11.8 Å². The first-order valence-electron chi connectivity index (χ1n) is 13.9. The lowest BCUT2D eigenvalue weighted by Gasteiger charge is -2.30. The van der Waals surface area contributed by atoms with Crippen molar-refractivity contribution in [3.05, 3.63) is 59.1 Å². The summed E-state index contributed by atoms with van der Waals surface area (Å²) in [4.78, 5) is 25.2. The van der Waals surface area contributed by atoms with Crippen molar-refractivity contribution in [3.8, 4) is 11.5 Å². The number of ether oxygens (including phenoxy) is 2. The average Bonchev–Trinajstić information content (AvgIpc) is 3.53. The van der Waals surface area contributed by atoms with Gasteiger partial charge in [-0.05, 0) is 68.8 Å². The van der Waals surface area contributed by atoms with Crippen molar-refractivity contribution in [3.63, 3.8) is 0 Å². The second-order valence-corrected chi connectivity index (χ2v) is 12.0. The summed E-state index contributed by atoms with van der Waals surface area (Å²) in [6, 6.07) is 6.80. The molecule has 0 radical (unpaired) electrons. The van der Waals surface area contributed by atoms with Crippen LogP contribution in [0.15, 0.2) is 43.2 Å². The van der Waals surface area contributed by atoms with Crippen LogP contribution in [-0.2, 0) is 4.79 Å². The van der Waals surface area contributed by atoms with E-state index in [9.17, 15) is 9.18 Å². The highest BCUT2D eigenvalue weighted by molar-refractivity contribution is 6.42. The third-order valence-corrected chi connectivity index (χ3v) is 9.22. The number of rotatable bonds is 7. The zero-order chi connectivity index (χ0) is 28.7. The lowest BCUT2D eigenvalue weighted by Crippen LogP contribution is -2.35. The van der Waals surface area contributed by atoms with Crippen LogP contribution in [0, 0.1) is 17.7 Å². The van der Waals surface area contributed by atoms with Gasteiger partial charge in [0.1, 0.15) is 18.2 Å². The van der Waals surface area contributed by atoms with Crippen LogP contribution in [0.25, 0.3) is 10.9 Å². The normalized spacial score (nSPS) is 23.0. The molecule has 1 N–H and O–H groups in total. The number of benzene rings is 2.